The second kappa shape index (κ2) is 3.74. The lowest BCUT2D eigenvalue weighted by molar-refractivity contribution is -0.141. The predicted molar refractivity (Wildman–Crippen MR) is 59.3 cm³/mol. The fraction of sp³-hybridized carbons (Fsp3) is 0.900. The summed E-state index contributed by atoms with van der Waals surface area (Å²) >= 11 is 1.93. The molecule has 2 aliphatic rings. The van der Waals surface area contributed by atoms with Gasteiger partial charge in [0.25, 0.3) is 0 Å². The number of nitrogens with two attached hydrogens (primary N) is 1. The first-order valence-corrected chi connectivity index (χ1v) is 6.47. The van der Waals surface area contributed by atoms with Gasteiger partial charge in [0, 0.05) is 24.1 Å². The van der Waals surface area contributed by atoms with Crippen LogP contribution in [0.4, 0.5) is 0 Å². The van der Waals surface area contributed by atoms with Crippen LogP contribution < -0.4 is 5.73 Å². The van der Waals surface area contributed by atoms with Gasteiger partial charge < -0.3 is 10.6 Å². The number of carbonyl (C=O) groups excluding carboxylic acids is 1. The average molecular weight is 214 g/mol. The zero-order chi connectivity index (χ0) is 10.2. The number of hydrogen-bond donors (Lipinski definition) is 1. The number of nitrogens with zero attached hydrogens (tertiary/aromatic N) is 1. The van der Waals surface area contributed by atoms with Gasteiger partial charge >= 0.3 is 0 Å². The highest BCUT2D eigenvalue weighted by Gasteiger charge is 2.44. The van der Waals surface area contributed by atoms with E-state index in [1.165, 1.54) is 0 Å². The lowest BCUT2D eigenvalue weighted by Crippen LogP contribution is -2.62. The molecule has 1 saturated carbocycles. The van der Waals surface area contributed by atoms with Crippen LogP contribution in [-0.2, 0) is 4.79 Å². The summed E-state index contributed by atoms with van der Waals surface area (Å²) < 4.78 is 0. The fourth-order valence-electron chi connectivity index (χ4n) is 2.09. The molecule has 0 radical (unpaired) electrons. The van der Waals surface area contributed by atoms with Gasteiger partial charge in [-0.15, -0.1) is 0 Å². The summed E-state index contributed by atoms with van der Waals surface area (Å²) in [4.78, 5) is 14.1. The van der Waals surface area contributed by atoms with Crippen molar-refractivity contribution in [3.8, 4) is 0 Å². The van der Waals surface area contributed by atoms with Gasteiger partial charge in [0.1, 0.15) is 0 Å². The monoisotopic (exact) mass is 214 g/mol. The number of carbonyl (C=O) groups is 1. The Labute approximate surface area is 89.4 Å². The average Bonchev–Trinajstić information content (AvgIpc) is 2.14. The molecule has 1 aliphatic heterocycles. The third kappa shape index (κ3) is 1.65. The Kier molecular flexibility index (Phi) is 2.75. The minimum absolute atomic E-state index is 0.191. The van der Waals surface area contributed by atoms with Gasteiger partial charge in [0.05, 0.1) is 5.54 Å². The van der Waals surface area contributed by atoms with E-state index >= 15 is 0 Å². The van der Waals surface area contributed by atoms with Crippen LogP contribution in [0.1, 0.15) is 26.2 Å². The lowest BCUT2D eigenvalue weighted by atomic mass is 9.76. The van der Waals surface area contributed by atoms with Crippen molar-refractivity contribution in [1.29, 1.82) is 0 Å². The number of thioether (sulfide) groups is 1. The van der Waals surface area contributed by atoms with Crippen LogP contribution in [0.25, 0.3) is 0 Å². The molecule has 2 N–H and O–H groups in total. The minimum Gasteiger partial charge on any atom is -0.337 e. The molecule has 0 aromatic heterocycles. The minimum atomic E-state index is -0.504. The van der Waals surface area contributed by atoms with E-state index in [-0.39, 0.29) is 5.91 Å². The zero-order valence-corrected chi connectivity index (χ0v) is 9.48. The van der Waals surface area contributed by atoms with E-state index in [0.29, 0.717) is 6.04 Å². The predicted octanol–water partition coefficient (Wildman–Crippen LogP) is 0.832. The highest BCUT2D eigenvalue weighted by atomic mass is 32.2. The van der Waals surface area contributed by atoms with Gasteiger partial charge in [-0.05, 0) is 26.2 Å². The molecule has 0 spiro atoms. The first-order valence-electron chi connectivity index (χ1n) is 5.31. The van der Waals surface area contributed by atoms with Gasteiger partial charge in [-0.3, -0.25) is 4.79 Å². The van der Waals surface area contributed by atoms with E-state index in [0.717, 1.165) is 37.3 Å². The standard InChI is InChI=1S/C10H18N2OS/c1-8-7-14-6-5-12(8)9(13)10(11)3-2-4-10/h8H,2-7,11H2,1H3. The van der Waals surface area contributed by atoms with E-state index in [1.807, 2.05) is 16.7 Å². The molecule has 1 saturated heterocycles. The molecule has 4 heteroatoms. The summed E-state index contributed by atoms with van der Waals surface area (Å²) in [5.41, 5.74) is 5.54. The highest BCUT2D eigenvalue weighted by Crippen LogP contribution is 2.32. The smallest absolute Gasteiger partial charge is 0.242 e. The van der Waals surface area contributed by atoms with Crippen LogP contribution in [0.5, 0.6) is 0 Å². The first kappa shape index (κ1) is 10.3. The molecule has 14 heavy (non-hydrogen) atoms. The van der Waals surface area contributed by atoms with E-state index < -0.39 is 5.54 Å². The fourth-order valence-corrected chi connectivity index (χ4v) is 3.10. The Bertz CT molecular complexity index is 240. The van der Waals surface area contributed by atoms with Crippen molar-refractivity contribution < 1.29 is 4.79 Å². The quantitative estimate of drug-likeness (QED) is 0.703. The molecular weight excluding hydrogens is 196 g/mol. The molecule has 2 rings (SSSR count). The lowest BCUT2D eigenvalue weighted by Gasteiger charge is -2.43. The molecule has 1 unspecified atom stereocenters. The third-order valence-electron chi connectivity index (χ3n) is 3.30. The summed E-state index contributed by atoms with van der Waals surface area (Å²) in [6, 6.07) is 0.363. The Hall–Kier alpha value is -0.220. The molecule has 1 heterocycles. The summed E-state index contributed by atoms with van der Waals surface area (Å²) in [7, 11) is 0. The van der Waals surface area contributed by atoms with Gasteiger partial charge in [-0.2, -0.15) is 11.8 Å². The Balaban J connectivity index is 2.02. The van der Waals surface area contributed by atoms with Gasteiger partial charge in [0.2, 0.25) is 5.91 Å². The Morgan fingerprint density at radius 2 is 2.29 bits per heavy atom. The maximum atomic E-state index is 12.1. The van der Waals surface area contributed by atoms with Crippen molar-refractivity contribution >= 4 is 17.7 Å². The van der Waals surface area contributed by atoms with E-state index in [2.05, 4.69) is 6.92 Å². The molecule has 3 nitrogen and oxygen atoms in total. The van der Waals surface area contributed by atoms with Crippen molar-refractivity contribution in [2.24, 2.45) is 5.73 Å². The van der Waals surface area contributed by atoms with E-state index in [4.69, 9.17) is 5.73 Å². The van der Waals surface area contributed by atoms with Gasteiger partial charge in [-0.25, -0.2) is 0 Å². The maximum Gasteiger partial charge on any atom is 0.242 e. The van der Waals surface area contributed by atoms with Crippen LogP contribution in [0.15, 0.2) is 0 Å². The zero-order valence-electron chi connectivity index (χ0n) is 8.66. The van der Waals surface area contributed by atoms with Crippen molar-refractivity contribution in [1.82, 2.24) is 4.90 Å². The summed E-state index contributed by atoms with van der Waals surface area (Å²) in [6.45, 7) is 3.00. The van der Waals surface area contributed by atoms with Gasteiger partial charge in [0.15, 0.2) is 0 Å². The normalized spacial score (nSPS) is 31.0. The van der Waals surface area contributed by atoms with Crippen molar-refractivity contribution in [3.63, 3.8) is 0 Å². The second-order valence-electron chi connectivity index (χ2n) is 4.43. The molecule has 1 amide bonds. The SMILES string of the molecule is CC1CSCCN1C(=O)C1(N)CCC1. The molecule has 1 aliphatic carbocycles. The summed E-state index contributed by atoms with van der Waals surface area (Å²) in [5, 5.41) is 0. The molecule has 80 valence electrons. The van der Waals surface area contributed by atoms with Crippen LogP contribution in [0.3, 0.4) is 0 Å². The third-order valence-corrected chi connectivity index (χ3v) is 4.49. The van der Waals surface area contributed by atoms with Crippen LogP contribution in [0.2, 0.25) is 0 Å². The molecular formula is C10H18N2OS. The summed E-state index contributed by atoms with van der Waals surface area (Å²) in [5.74, 6) is 2.31. The van der Waals surface area contributed by atoms with Crippen LogP contribution in [0, 0.1) is 0 Å². The second-order valence-corrected chi connectivity index (χ2v) is 5.58. The Morgan fingerprint density at radius 3 is 2.79 bits per heavy atom. The molecule has 0 aromatic rings. The van der Waals surface area contributed by atoms with Crippen molar-refractivity contribution in [2.75, 3.05) is 18.1 Å². The molecule has 1 atom stereocenters. The molecule has 2 fully saturated rings. The van der Waals surface area contributed by atoms with Crippen LogP contribution in [-0.4, -0.2) is 40.4 Å². The molecule has 0 aromatic carbocycles. The highest BCUT2D eigenvalue weighted by molar-refractivity contribution is 7.99. The number of rotatable bonds is 1. The van der Waals surface area contributed by atoms with Crippen LogP contribution >= 0.6 is 11.8 Å². The first-order chi connectivity index (χ1) is 6.63. The van der Waals surface area contributed by atoms with E-state index in [1.54, 1.807) is 0 Å². The molecule has 0 bridgehead atoms. The van der Waals surface area contributed by atoms with Gasteiger partial charge in [-0.1, -0.05) is 0 Å². The largest absolute Gasteiger partial charge is 0.337 e. The maximum absolute atomic E-state index is 12.1. The topological polar surface area (TPSA) is 46.3 Å². The van der Waals surface area contributed by atoms with Crippen molar-refractivity contribution in [3.05, 3.63) is 0 Å². The van der Waals surface area contributed by atoms with E-state index in [9.17, 15) is 4.79 Å². The number of amides is 1. The Morgan fingerprint density at radius 1 is 1.57 bits per heavy atom. The summed E-state index contributed by atoms with van der Waals surface area (Å²) in [6.07, 6.45) is 2.86. The van der Waals surface area contributed by atoms with Crippen molar-refractivity contribution in [2.45, 2.75) is 37.8 Å². The number of hydrogen-bond acceptors (Lipinski definition) is 3.